The Hall–Kier alpha value is -5.49. The normalized spacial score (nSPS) is 14.6. The van der Waals surface area contributed by atoms with Gasteiger partial charge >= 0.3 is 0 Å². The van der Waals surface area contributed by atoms with Gasteiger partial charge in [-0.05, 0) is 42.7 Å². The van der Waals surface area contributed by atoms with Crippen LogP contribution in [-0.2, 0) is 0 Å². The number of halogens is 3. The molecule has 1 fully saturated rings. The summed E-state index contributed by atoms with van der Waals surface area (Å²) in [5.74, 6) is -2.95. The molecule has 1 aliphatic carbocycles. The summed E-state index contributed by atoms with van der Waals surface area (Å²) in [5, 5.41) is 34.4. The van der Waals surface area contributed by atoms with Crippen LogP contribution in [0.3, 0.4) is 0 Å². The first-order valence-electron chi connectivity index (χ1n) is 12.6. The van der Waals surface area contributed by atoms with Gasteiger partial charge in [0.25, 0.3) is 0 Å². The van der Waals surface area contributed by atoms with Gasteiger partial charge in [0.05, 0.1) is 53.8 Å². The molecule has 1 saturated carbocycles. The van der Waals surface area contributed by atoms with Crippen molar-refractivity contribution in [2.45, 2.75) is 24.9 Å². The lowest BCUT2D eigenvalue weighted by Gasteiger charge is -2.20. The third-order valence-electron chi connectivity index (χ3n) is 6.37. The van der Waals surface area contributed by atoms with Crippen LogP contribution >= 0.6 is 0 Å². The zero-order valence-corrected chi connectivity index (χ0v) is 20.5. The highest BCUT2D eigenvalue weighted by Gasteiger charge is 2.27. The van der Waals surface area contributed by atoms with E-state index in [0.29, 0.717) is 10.9 Å². The molecule has 196 valence electrons. The molecule has 9 nitrogen and oxygen atoms in total. The fourth-order valence-electron chi connectivity index (χ4n) is 4.27. The molecule has 2 aromatic carbocycles. The molecule has 0 saturated heterocycles. The summed E-state index contributed by atoms with van der Waals surface area (Å²) < 4.78 is 52.3. The van der Waals surface area contributed by atoms with Gasteiger partial charge in [-0.3, -0.25) is 4.98 Å². The largest absolute Gasteiger partial charge is 0.373 e. The van der Waals surface area contributed by atoms with E-state index < -0.39 is 23.6 Å². The Labute approximate surface area is 226 Å². The van der Waals surface area contributed by atoms with Crippen LogP contribution in [0.4, 0.5) is 30.2 Å². The van der Waals surface area contributed by atoms with Crippen LogP contribution in [0.1, 0.15) is 48.7 Å². The Morgan fingerprint density at radius 3 is 2.45 bits per heavy atom. The van der Waals surface area contributed by atoms with Crippen molar-refractivity contribution in [1.82, 2.24) is 25.0 Å². The summed E-state index contributed by atoms with van der Waals surface area (Å²) in [6, 6.07) is 11.8. The predicted octanol–water partition coefficient (Wildman–Crippen LogP) is 5.66. The SMILES string of the molecule is [2H][C@](Nc1cc(C#N)c2ncc(C#N)c(Nc3cnc(F)c(F)c3)c2c1)(c1ccc(F)cc1)c1cn(C2CC2)nn1. The Balaban J connectivity index is 1.50. The first kappa shape index (κ1) is 23.6. The minimum Gasteiger partial charge on any atom is -0.373 e. The quantitative estimate of drug-likeness (QED) is 0.254. The topological polar surface area (TPSA) is 128 Å². The number of fused-ring (bicyclic) bond motifs is 1. The van der Waals surface area contributed by atoms with Crippen molar-refractivity contribution in [3.05, 3.63) is 101 Å². The zero-order valence-electron chi connectivity index (χ0n) is 21.5. The van der Waals surface area contributed by atoms with Crippen LogP contribution in [0.15, 0.2) is 61.1 Å². The first-order valence-corrected chi connectivity index (χ1v) is 12.1. The highest BCUT2D eigenvalue weighted by atomic mass is 19.2. The van der Waals surface area contributed by atoms with Crippen LogP contribution in [0.2, 0.25) is 0 Å². The molecule has 0 aliphatic heterocycles. The molecule has 5 aromatic rings. The number of nitriles is 2. The summed E-state index contributed by atoms with van der Waals surface area (Å²) in [7, 11) is 0. The lowest BCUT2D eigenvalue weighted by molar-refractivity contribution is 0.480. The summed E-state index contributed by atoms with van der Waals surface area (Å²) in [6.07, 6.45) is 5.88. The number of nitrogens with zero attached hydrogens (tertiary/aromatic N) is 7. The molecule has 3 aromatic heterocycles. The van der Waals surface area contributed by atoms with E-state index in [1.165, 1.54) is 36.5 Å². The van der Waals surface area contributed by atoms with Gasteiger partial charge in [0.15, 0.2) is 5.82 Å². The van der Waals surface area contributed by atoms with Gasteiger partial charge < -0.3 is 10.6 Å². The minimum absolute atomic E-state index is 0.0580. The number of benzene rings is 2. The molecule has 1 aliphatic rings. The van der Waals surface area contributed by atoms with E-state index >= 15 is 0 Å². The van der Waals surface area contributed by atoms with Crippen molar-refractivity contribution in [1.29, 1.82) is 10.5 Å². The van der Waals surface area contributed by atoms with Crippen molar-refractivity contribution in [3.8, 4) is 12.1 Å². The molecule has 0 radical (unpaired) electrons. The molecule has 0 amide bonds. The molecule has 0 unspecified atom stereocenters. The smallest absolute Gasteiger partial charge is 0.249 e. The summed E-state index contributed by atoms with van der Waals surface area (Å²) in [5.41, 5.74) is 1.51. The number of aromatic nitrogens is 5. The lowest BCUT2D eigenvalue weighted by Crippen LogP contribution is -2.13. The van der Waals surface area contributed by atoms with E-state index in [9.17, 15) is 25.1 Å². The Kier molecular flexibility index (Phi) is 5.90. The number of anilines is 3. The van der Waals surface area contributed by atoms with E-state index in [4.69, 9.17) is 0 Å². The molecule has 2 N–H and O–H groups in total. The van der Waals surface area contributed by atoms with Crippen LogP contribution in [-0.4, -0.2) is 25.0 Å². The lowest BCUT2D eigenvalue weighted by atomic mass is 10.0. The third kappa shape index (κ3) is 4.74. The van der Waals surface area contributed by atoms with Crippen molar-refractivity contribution in [2.24, 2.45) is 0 Å². The van der Waals surface area contributed by atoms with Gasteiger partial charge in [-0.1, -0.05) is 17.3 Å². The number of hydrogen-bond donors (Lipinski definition) is 2. The monoisotopic (exact) mass is 538 g/mol. The minimum atomic E-state index is -1.76. The molecule has 0 spiro atoms. The molecule has 3 heterocycles. The maximum atomic E-state index is 13.9. The average molecular weight is 539 g/mol. The Bertz CT molecular complexity index is 1890. The van der Waals surface area contributed by atoms with Crippen molar-refractivity contribution in [2.75, 3.05) is 10.6 Å². The van der Waals surface area contributed by atoms with Gasteiger partial charge in [0.1, 0.15) is 23.6 Å². The zero-order chi connectivity index (χ0) is 28.7. The molecule has 12 heteroatoms. The molecule has 0 bridgehead atoms. The van der Waals surface area contributed by atoms with Gasteiger partial charge in [-0.2, -0.15) is 14.9 Å². The molecule has 6 rings (SSSR count). The van der Waals surface area contributed by atoms with E-state index in [1.807, 2.05) is 6.07 Å². The van der Waals surface area contributed by atoms with Crippen LogP contribution < -0.4 is 10.6 Å². The number of pyridine rings is 2. The summed E-state index contributed by atoms with van der Waals surface area (Å²) in [6.45, 7) is 0. The maximum Gasteiger partial charge on any atom is 0.249 e. The Morgan fingerprint density at radius 2 is 1.75 bits per heavy atom. The van der Waals surface area contributed by atoms with Crippen LogP contribution in [0.25, 0.3) is 10.9 Å². The molecular weight excluding hydrogens is 519 g/mol. The number of nitrogens with one attached hydrogen (secondary N) is 2. The van der Waals surface area contributed by atoms with E-state index in [2.05, 4.69) is 37.0 Å². The second kappa shape index (κ2) is 10.0. The predicted molar refractivity (Wildman–Crippen MR) is 139 cm³/mol. The van der Waals surface area contributed by atoms with Gasteiger partial charge in [-0.15, -0.1) is 5.10 Å². The molecular formula is C28H18F3N9. The second-order valence-corrected chi connectivity index (χ2v) is 9.13. The summed E-state index contributed by atoms with van der Waals surface area (Å²) in [4.78, 5) is 7.64. The Morgan fingerprint density at radius 1 is 0.975 bits per heavy atom. The highest BCUT2D eigenvalue weighted by molar-refractivity contribution is 6.00. The van der Waals surface area contributed by atoms with Gasteiger partial charge in [0.2, 0.25) is 5.95 Å². The van der Waals surface area contributed by atoms with Crippen molar-refractivity contribution < 1.29 is 14.5 Å². The van der Waals surface area contributed by atoms with Crippen molar-refractivity contribution >= 4 is 28.0 Å². The van der Waals surface area contributed by atoms with Gasteiger partial charge in [0, 0.05) is 23.3 Å². The van der Waals surface area contributed by atoms with E-state index in [0.717, 1.165) is 25.1 Å². The van der Waals surface area contributed by atoms with E-state index in [1.54, 1.807) is 16.9 Å². The fraction of sp³-hybridized carbons (Fsp3) is 0.143. The number of hydrogen-bond acceptors (Lipinski definition) is 8. The average Bonchev–Trinajstić information content (AvgIpc) is 3.70. The first-order chi connectivity index (χ1) is 19.8. The number of rotatable bonds is 7. The molecule has 40 heavy (non-hydrogen) atoms. The van der Waals surface area contributed by atoms with E-state index in [-0.39, 0.29) is 45.4 Å². The fourth-order valence-corrected chi connectivity index (χ4v) is 4.27. The maximum absolute atomic E-state index is 13.9. The summed E-state index contributed by atoms with van der Waals surface area (Å²) >= 11 is 0. The van der Waals surface area contributed by atoms with Crippen molar-refractivity contribution in [3.63, 3.8) is 0 Å². The molecule has 1 atom stereocenters. The van der Waals surface area contributed by atoms with Crippen LogP contribution in [0, 0.1) is 40.2 Å². The highest BCUT2D eigenvalue weighted by Crippen LogP contribution is 2.37. The van der Waals surface area contributed by atoms with Gasteiger partial charge in [-0.25, -0.2) is 18.4 Å². The van der Waals surface area contributed by atoms with Crippen LogP contribution in [0.5, 0.6) is 0 Å². The second-order valence-electron chi connectivity index (χ2n) is 9.13. The third-order valence-corrected chi connectivity index (χ3v) is 6.37. The standard InChI is InChI=1S/C28H18F3N9/c29-18-3-1-15(2-4-18)27(24-14-40(39-38-24)21-5-6-21)36-19-7-16(10-32)25-22(8-19)26(17(11-33)12-34-25)37-20-9-23(30)28(31)35-13-20/h1-4,7-9,12-14,21,27,36H,5-6H2,(H,34,37)/t27-/m0/s1/i27D.